The zero-order chi connectivity index (χ0) is 24.9. The molecule has 4 rings (SSSR count). The second kappa shape index (κ2) is 11.0. The van der Waals surface area contributed by atoms with E-state index in [-0.39, 0.29) is 6.03 Å². The first kappa shape index (κ1) is 24.8. The summed E-state index contributed by atoms with van der Waals surface area (Å²) in [5, 5.41) is 11.0. The van der Waals surface area contributed by atoms with Gasteiger partial charge in [0.15, 0.2) is 0 Å². The third kappa shape index (κ3) is 6.05. The Morgan fingerprint density at radius 3 is 2.51 bits per heavy atom. The number of fused-ring (bicyclic) bond motifs is 1. The molecule has 0 atom stereocenters. The van der Waals surface area contributed by atoms with Crippen LogP contribution >= 0.6 is 0 Å². The van der Waals surface area contributed by atoms with Gasteiger partial charge in [-0.15, -0.1) is 0 Å². The van der Waals surface area contributed by atoms with Crippen molar-refractivity contribution in [3.63, 3.8) is 0 Å². The molecule has 0 aliphatic heterocycles. The summed E-state index contributed by atoms with van der Waals surface area (Å²) in [6.45, 7) is 7.06. The molecule has 6 nitrogen and oxygen atoms in total. The third-order valence-corrected chi connectivity index (χ3v) is 7.09. The highest BCUT2D eigenvalue weighted by molar-refractivity contribution is 5.93. The molecule has 0 saturated heterocycles. The van der Waals surface area contributed by atoms with Gasteiger partial charge in [0.05, 0.1) is 5.52 Å². The summed E-state index contributed by atoms with van der Waals surface area (Å²) in [6.07, 6.45) is 4.34. The average Bonchev–Trinajstić information content (AvgIpc) is 2.84. The number of anilines is 3. The number of hydrogen-bond acceptors (Lipinski definition) is 4. The van der Waals surface area contributed by atoms with E-state index < -0.39 is 0 Å². The number of hydrogen-bond donors (Lipinski definition) is 3. The van der Waals surface area contributed by atoms with E-state index in [2.05, 4.69) is 85.2 Å². The van der Waals surface area contributed by atoms with Crippen molar-refractivity contribution < 1.29 is 4.79 Å². The van der Waals surface area contributed by atoms with Crippen LogP contribution in [0.4, 0.5) is 22.0 Å². The lowest BCUT2D eigenvalue weighted by Gasteiger charge is -2.30. The fraction of sp³-hybridized carbons (Fsp3) is 0.448. The minimum atomic E-state index is -0.113. The fourth-order valence-electron chi connectivity index (χ4n) is 5.06. The normalized spacial score (nSPS) is 17.9. The highest BCUT2D eigenvalue weighted by Crippen LogP contribution is 2.31. The Kier molecular flexibility index (Phi) is 7.79. The lowest BCUT2D eigenvalue weighted by Crippen LogP contribution is -2.36. The van der Waals surface area contributed by atoms with Crippen LogP contribution in [-0.4, -0.2) is 37.7 Å². The molecule has 3 aromatic rings. The number of urea groups is 1. The zero-order valence-electron chi connectivity index (χ0n) is 21.7. The summed E-state index contributed by atoms with van der Waals surface area (Å²) < 4.78 is 0. The summed E-state index contributed by atoms with van der Waals surface area (Å²) in [6, 6.07) is 16.9. The van der Waals surface area contributed by atoms with Crippen LogP contribution < -0.4 is 20.9 Å². The summed E-state index contributed by atoms with van der Waals surface area (Å²) in [4.78, 5) is 19.6. The molecule has 1 aliphatic rings. The predicted octanol–water partition coefficient (Wildman–Crippen LogP) is 6.53. The summed E-state index contributed by atoms with van der Waals surface area (Å²) >= 11 is 0. The highest BCUT2D eigenvalue weighted by atomic mass is 16.2. The van der Waals surface area contributed by atoms with Crippen LogP contribution in [-0.2, 0) is 0 Å². The summed E-state index contributed by atoms with van der Waals surface area (Å²) in [7, 11) is 4.14. The van der Waals surface area contributed by atoms with Gasteiger partial charge in [-0.05, 0) is 61.6 Å². The molecule has 3 N–H and O–H groups in total. The van der Waals surface area contributed by atoms with E-state index in [4.69, 9.17) is 4.98 Å². The van der Waals surface area contributed by atoms with Crippen molar-refractivity contribution in [2.45, 2.75) is 58.4 Å². The Bertz CT molecular complexity index is 1160. The van der Waals surface area contributed by atoms with Crippen molar-refractivity contribution in [1.29, 1.82) is 0 Å². The highest BCUT2D eigenvalue weighted by Gasteiger charge is 2.22. The van der Waals surface area contributed by atoms with Crippen molar-refractivity contribution in [3.05, 3.63) is 59.7 Å². The molecule has 0 radical (unpaired) electrons. The summed E-state index contributed by atoms with van der Waals surface area (Å²) in [5.74, 6) is 1.80. The standard InChI is InChI=1S/C29H39N5O/c1-19(2)23-11-8-9-20(3)28(23)33-29(35)30-18-21-13-15-22(16-14-21)31-27-17-26(34(4)5)24-10-6-7-12-25(24)32-27/h6-12,17,19,21-22H,13-16,18H2,1-5H3,(H,31,32)(H2,30,33,35). The SMILES string of the molecule is Cc1cccc(C(C)C)c1NC(=O)NCC1CCC(Nc2cc(N(C)C)c3ccccc3n2)CC1. The predicted molar refractivity (Wildman–Crippen MR) is 148 cm³/mol. The van der Waals surface area contributed by atoms with Gasteiger partial charge < -0.3 is 20.9 Å². The molecule has 1 aliphatic carbocycles. The maximum absolute atomic E-state index is 12.6. The maximum Gasteiger partial charge on any atom is 0.319 e. The maximum atomic E-state index is 12.6. The Balaban J connectivity index is 1.29. The van der Waals surface area contributed by atoms with Crippen molar-refractivity contribution in [3.8, 4) is 0 Å². The lowest BCUT2D eigenvalue weighted by molar-refractivity contribution is 0.246. The van der Waals surface area contributed by atoms with Gasteiger partial charge in [-0.25, -0.2) is 9.78 Å². The number of nitrogens with zero attached hydrogens (tertiary/aromatic N) is 2. The van der Waals surface area contributed by atoms with Gasteiger partial charge in [-0.1, -0.05) is 50.2 Å². The zero-order valence-corrected chi connectivity index (χ0v) is 21.7. The van der Waals surface area contributed by atoms with E-state index in [0.717, 1.165) is 48.3 Å². The van der Waals surface area contributed by atoms with Crippen LogP contribution in [0.25, 0.3) is 10.9 Å². The van der Waals surface area contributed by atoms with Gasteiger partial charge >= 0.3 is 6.03 Å². The number of para-hydroxylation sites is 2. The molecule has 2 aromatic carbocycles. The number of carbonyl (C=O) groups excluding carboxylic acids is 1. The molecule has 1 fully saturated rings. The first-order valence-electron chi connectivity index (χ1n) is 12.8. The monoisotopic (exact) mass is 473 g/mol. The Hall–Kier alpha value is -3.28. The molecule has 1 saturated carbocycles. The lowest BCUT2D eigenvalue weighted by atomic mass is 9.86. The number of nitrogens with one attached hydrogen (secondary N) is 3. The largest absolute Gasteiger partial charge is 0.377 e. The van der Waals surface area contributed by atoms with Gasteiger partial charge in [0.1, 0.15) is 5.82 Å². The molecule has 0 unspecified atom stereocenters. The van der Waals surface area contributed by atoms with Crippen LogP contribution in [0.5, 0.6) is 0 Å². The molecule has 186 valence electrons. The van der Waals surface area contributed by atoms with Crippen molar-refractivity contribution >= 4 is 34.1 Å². The van der Waals surface area contributed by atoms with Crippen LogP contribution in [0.2, 0.25) is 0 Å². The average molecular weight is 474 g/mol. The molecule has 6 heteroatoms. The number of aryl methyl sites for hydroxylation is 1. The number of pyridine rings is 1. The van der Waals surface area contributed by atoms with Crippen LogP contribution in [0.3, 0.4) is 0 Å². The van der Waals surface area contributed by atoms with E-state index in [1.807, 2.05) is 19.1 Å². The van der Waals surface area contributed by atoms with Crippen LogP contribution in [0, 0.1) is 12.8 Å². The quantitative estimate of drug-likeness (QED) is 0.365. The first-order valence-corrected chi connectivity index (χ1v) is 12.8. The van der Waals surface area contributed by atoms with Gasteiger partial charge in [-0.2, -0.15) is 0 Å². The van der Waals surface area contributed by atoms with Crippen LogP contribution in [0.1, 0.15) is 56.6 Å². The Morgan fingerprint density at radius 1 is 1.06 bits per heavy atom. The Labute approximate surface area is 209 Å². The minimum Gasteiger partial charge on any atom is -0.377 e. The number of rotatable bonds is 7. The number of carbonyl (C=O) groups is 1. The molecule has 0 spiro atoms. The van der Waals surface area contributed by atoms with Crippen molar-refractivity contribution in [2.24, 2.45) is 5.92 Å². The van der Waals surface area contributed by atoms with Crippen molar-refractivity contribution in [1.82, 2.24) is 10.3 Å². The van der Waals surface area contributed by atoms with Gasteiger partial charge in [0, 0.05) is 49.5 Å². The minimum absolute atomic E-state index is 0.113. The second-order valence-electron chi connectivity index (χ2n) is 10.3. The van der Waals surface area contributed by atoms with E-state index in [1.165, 1.54) is 16.6 Å². The van der Waals surface area contributed by atoms with E-state index >= 15 is 0 Å². The van der Waals surface area contributed by atoms with Gasteiger partial charge in [0.2, 0.25) is 0 Å². The van der Waals surface area contributed by atoms with E-state index in [1.54, 1.807) is 0 Å². The van der Waals surface area contributed by atoms with Crippen molar-refractivity contribution in [2.75, 3.05) is 36.2 Å². The molecule has 35 heavy (non-hydrogen) atoms. The fourth-order valence-corrected chi connectivity index (χ4v) is 5.06. The smallest absolute Gasteiger partial charge is 0.319 e. The molecular weight excluding hydrogens is 434 g/mol. The summed E-state index contributed by atoms with van der Waals surface area (Å²) in [5.41, 5.74) is 5.40. The second-order valence-corrected chi connectivity index (χ2v) is 10.3. The molecule has 1 heterocycles. The van der Waals surface area contributed by atoms with Crippen LogP contribution in [0.15, 0.2) is 48.5 Å². The first-order chi connectivity index (χ1) is 16.8. The number of benzene rings is 2. The third-order valence-electron chi connectivity index (χ3n) is 7.09. The topological polar surface area (TPSA) is 69.3 Å². The van der Waals surface area contributed by atoms with Gasteiger partial charge in [-0.3, -0.25) is 0 Å². The van der Waals surface area contributed by atoms with E-state index in [9.17, 15) is 4.79 Å². The van der Waals surface area contributed by atoms with E-state index in [0.29, 0.717) is 24.4 Å². The molecule has 0 bridgehead atoms. The molecule has 2 amide bonds. The Morgan fingerprint density at radius 2 is 1.80 bits per heavy atom. The molecular formula is C29H39N5O. The number of amides is 2. The van der Waals surface area contributed by atoms with Gasteiger partial charge in [0.25, 0.3) is 0 Å². The number of aromatic nitrogens is 1. The molecule has 1 aromatic heterocycles.